The number of nitrogens with zero attached hydrogens (tertiary/aromatic N) is 1. The molecule has 12 aromatic rings. The maximum atomic E-state index is 2.51. The third-order valence-corrected chi connectivity index (χ3v) is 15.9. The molecule has 1 nitrogen and oxygen atoms in total. The van der Waals surface area contributed by atoms with Crippen molar-refractivity contribution in [2.24, 2.45) is 0 Å². The monoisotopic (exact) mass is 893 g/mol. The highest BCUT2D eigenvalue weighted by molar-refractivity contribution is 7.26. The smallest absolute Gasteiger partial charge is 0.0725 e. The van der Waals surface area contributed by atoms with Gasteiger partial charge in [0.1, 0.15) is 0 Å². The van der Waals surface area contributed by atoms with Gasteiger partial charge in [0.2, 0.25) is 0 Å². The minimum Gasteiger partial charge on any atom is -0.311 e. The van der Waals surface area contributed by atoms with E-state index in [0.717, 1.165) is 17.1 Å². The number of fused-ring (bicyclic) bond motifs is 13. The third-order valence-electron chi connectivity index (χ3n) is 14.7. The number of rotatable bonds is 7. The molecule has 14 rings (SSSR count). The van der Waals surface area contributed by atoms with Crippen LogP contribution in [0.25, 0.3) is 86.9 Å². The van der Waals surface area contributed by atoms with Gasteiger partial charge in [-0.3, -0.25) is 0 Å². The van der Waals surface area contributed by atoms with E-state index in [4.69, 9.17) is 0 Å². The Hall–Kier alpha value is -8.56. The molecule has 0 amide bonds. The molecule has 0 saturated heterocycles. The van der Waals surface area contributed by atoms with Crippen LogP contribution in [0.2, 0.25) is 0 Å². The fourth-order valence-electron chi connectivity index (χ4n) is 11.6. The van der Waals surface area contributed by atoms with Gasteiger partial charge in [-0.05, 0) is 144 Å². The van der Waals surface area contributed by atoms with Crippen LogP contribution in [0, 0.1) is 0 Å². The highest BCUT2D eigenvalue weighted by Crippen LogP contribution is 2.63. The first kappa shape index (κ1) is 39.6. The Balaban J connectivity index is 0.911. The molecule has 0 unspecified atom stereocenters. The van der Waals surface area contributed by atoms with Crippen LogP contribution in [0.1, 0.15) is 22.3 Å². The van der Waals surface area contributed by atoms with Gasteiger partial charge in [-0.25, -0.2) is 0 Å². The summed E-state index contributed by atoms with van der Waals surface area (Å²) >= 11 is 1.89. The van der Waals surface area contributed by atoms with Gasteiger partial charge >= 0.3 is 0 Å². The van der Waals surface area contributed by atoms with E-state index in [1.54, 1.807) is 0 Å². The lowest BCUT2D eigenvalue weighted by Gasteiger charge is -2.30. The van der Waals surface area contributed by atoms with Crippen LogP contribution >= 0.6 is 11.3 Å². The molecule has 0 fully saturated rings. The summed E-state index contributed by atoms with van der Waals surface area (Å²) < 4.78 is 2.61. The first-order valence-corrected chi connectivity index (χ1v) is 24.6. The van der Waals surface area contributed by atoms with Gasteiger partial charge in [0, 0.05) is 42.8 Å². The molecule has 1 spiro atoms. The molecule has 0 radical (unpaired) electrons. The Morgan fingerprint density at radius 2 is 0.681 bits per heavy atom. The van der Waals surface area contributed by atoms with Crippen LogP contribution in [0.3, 0.4) is 0 Å². The van der Waals surface area contributed by atoms with E-state index in [1.165, 1.54) is 109 Å². The summed E-state index contributed by atoms with van der Waals surface area (Å²) in [5, 5.41) is 2.59. The lowest BCUT2D eigenvalue weighted by atomic mass is 9.70. The molecule has 1 aromatic heterocycles. The van der Waals surface area contributed by atoms with Gasteiger partial charge < -0.3 is 4.90 Å². The zero-order valence-corrected chi connectivity index (χ0v) is 38.5. The molecule has 0 bridgehead atoms. The summed E-state index contributed by atoms with van der Waals surface area (Å²) in [6.07, 6.45) is 0. The average Bonchev–Trinajstić information content (AvgIpc) is 4.06. The SMILES string of the molecule is c1ccc(-c2ccc(N(c3ccc(-c4ccccc4)cc3)c3ccc(-c4cc(-c5ccc6c(c5)C5(c7ccccc7-c7ccccc75)c5ccccc5-6)cc5c4sc4ccccc45)cc3)cc2)cc1. The summed E-state index contributed by atoms with van der Waals surface area (Å²) in [5.74, 6) is 0. The van der Waals surface area contributed by atoms with Crippen molar-refractivity contribution in [1.29, 1.82) is 0 Å². The van der Waals surface area contributed by atoms with Gasteiger partial charge in [0.25, 0.3) is 0 Å². The summed E-state index contributed by atoms with van der Waals surface area (Å²) in [5.41, 5.74) is 23.3. The van der Waals surface area contributed by atoms with Gasteiger partial charge in [-0.2, -0.15) is 0 Å². The van der Waals surface area contributed by atoms with E-state index in [9.17, 15) is 0 Å². The van der Waals surface area contributed by atoms with E-state index < -0.39 is 5.41 Å². The fraction of sp³-hybridized carbons (Fsp3) is 0.0149. The quantitative estimate of drug-likeness (QED) is 0.154. The van der Waals surface area contributed by atoms with Crippen molar-refractivity contribution in [3.8, 4) is 66.8 Å². The molecule has 0 aliphatic heterocycles. The highest BCUT2D eigenvalue weighted by atomic mass is 32.1. The standard InChI is InChI=1S/C67H43NS/c1-3-15-44(16-4-1)46-27-34-51(35-28-46)68(52-36-29-47(30-37-52)45-17-5-2-6-18-45)53-38-31-48(32-39-53)59-41-50(42-60-58-22-10-14-26-65(58)69-66(59)60)49-33-40-57-56-21-9-13-25-63(56)67(64(57)43-49)61-23-11-7-19-54(61)55-20-8-12-24-62(55)67/h1-43H. The largest absolute Gasteiger partial charge is 0.311 e. The molecule has 2 heteroatoms. The van der Waals surface area contributed by atoms with Crippen molar-refractivity contribution in [2.75, 3.05) is 4.90 Å². The second-order valence-corrected chi connectivity index (χ2v) is 19.4. The molecule has 322 valence electrons. The van der Waals surface area contributed by atoms with E-state index >= 15 is 0 Å². The third kappa shape index (κ3) is 6.16. The van der Waals surface area contributed by atoms with Crippen molar-refractivity contribution in [2.45, 2.75) is 5.41 Å². The van der Waals surface area contributed by atoms with Gasteiger partial charge in [0.05, 0.1) is 5.41 Å². The Morgan fingerprint density at radius 1 is 0.261 bits per heavy atom. The average molecular weight is 894 g/mol. The predicted octanol–water partition coefficient (Wildman–Crippen LogP) is 18.5. The molecule has 1 heterocycles. The van der Waals surface area contributed by atoms with Crippen molar-refractivity contribution in [3.05, 3.63) is 283 Å². The van der Waals surface area contributed by atoms with E-state index in [2.05, 4.69) is 266 Å². The Bertz CT molecular complexity index is 3780. The zero-order chi connectivity index (χ0) is 45.5. The Labute approximate surface area is 406 Å². The second-order valence-electron chi connectivity index (χ2n) is 18.4. The molecule has 69 heavy (non-hydrogen) atoms. The van der Waals surface area contributed by atoms with Crippen LogP contribution in [0.15, 0.2) is 261 Å². The summed E-state index contributed by atoms with van der Waals surface area (Å²) in [6, 6.07) is 96.6. The van der Waals surface area contributed by atoms with Crippen LogP contribution in [0.4, 0.5) is 17.1 Å². The van der Waals surface area contributed by atoms with Crippen LogP contribution in [-0.4, -0.2) is 0 Å². The first-order chi connectivity index (χ1) is 34.2. The van der Waals surface area contributed by atoms with E-state index in [-0.39, 0.29) is 0 Å². The maximum absolute atomic E-state index is 2.51. The lowest BCUT2D eigenvalue weighted by Crippen LogP contribution is -2.25. The summed E-state index contributed by atoms with van der Waals surface area (Å²) in [4.78, 5) is 2.37. The minimum absolute atomic E-state index is 0.400. The first-order valence-electron chi connectivity index (χ1n) is 23.8. The molecular formula is C67H43NS. The Morgan fingerprint density at radius 3 is 1.22 bits per heavy atom. The molecule has 0 atom stereocenters. The van der Waals surface area contributed by atoms with E-state index in [1.807, 2.05) is 11.3 Å². The molecule has 2 aliphatic rings. The molecule has 0 saturated carbocycles. The topological polar surface area (TPSA) is 3.24 Å². The summed E-state index contributed by atoms with van der Waals surface area (Å²) in [7, 11) is 0. The van der Waals surface area contributed by atoms with Crippen molar-refractivity contribution in [3.63, 3.8) is 0 Å². The Kier molecular flexibility index (Phi) is 9.05. The molecule has 0 N–H and O–H groups in total. The molecular weight excluding hydrogens is 851 g/mol. The van der Waals surface area contributed by atoms with Gasteiger partial charge in [-0.1, -0.05) is 200 Å². The van der Waals surface area contributed by atoms with Crippen LogP contribution in [0.5, 0.6) is 0 Å². The number of anilines is 3. The summed E-state index contributed by atoms with van der Waals surface area (Å²) in [6.45, 7) is 0. The van der Waals surface area contributed by atoms with Gasteiger partial charge in [-0.15, -0.1) is 11.3 Å². The fourth-order valence-corrected chi connectivity index (χ4v) is 12.8. The minimum atomic E-state index is -0.400. The van der Waals surface area contributed by atoms with Crippen molar-refractivity contribution in [1.82, 2.24) is 0 Å². The van der Waals surface area contributed by atoms with E-state index in [0.29, 0.717) is 0 Å². The predicted molar refractivity (Wildman–Crippen MR) is 292 cm³/mol. The zero-order valence-electron chi connectivity index (χ0n) is 37.7. The lowest BCUT2D eigenvalue weighted by molar-refractivity contribution is 0.794. The van der Waals surface area contributed by atoms with Crippen molar-refractivity contribution >= 4 is 48.6 Å². The normalized spacial score (nSPS) is 12.8. The number of thiophene rings is 1. The number of hydrogen-bond acceptors (Lipinski definition) is 2. The highest BCUT2D eigenvalue weighted by Gasteiger charge is 2.51. The number of benzene rings is 11. The molecule has 11 aromatic carbocycles. The van der Waals surface area contributed by atoms with Crippen LogP contribution < -0.4 is 4.90 Å². The van der Waals surface area contributed by atoms with Crippen LogP contribution in [-0.2, 0) is 5.41 Å². The number of hydrogen-bond donors (Lipinski definition) is 0. The van der Waals surface area contributed by atoms with Gasteiger partial charge in [0.15, 0.2) is 0 Å². The second kappa shape index (κ2) is 15.8. The molecule has 2 aliphatic carbocycles. The maximum Gasteiger partial charge on any atom is 0.0725 e. The van der Waals surface area contributed by atoms with Crippen molar-refractivity contribution < 1.29 is 0 Å².